The van der Waals surface area contributed by atoms with E-state index in [1.165, 1.54) is 0 Å². The highest BCUT2D eigenvalue weighted by Crippen LogP contribution is 2.28. The van der Waals surface area contributed by atoms with E-state index in [2.05, 4.69) is 31.2 Å². The lowest BCUT2D eigenvalue weighted by atomic mass is 10.3. The smallest absolute Gasteiger partial charge is 0.238 e. The monoisotopic (exact) mass is 327 g/mol. The maximum Gasteiger partial charge on any atom is 0.238 e. The van der Waals surface area contributed by atoms with E-state index in [1.807, 2.05) is 13.1 Å². The Bertz CT molecular complexity index is 551. The van der Waals surface area contributed by atoms with Crippen molar-refractivity contribution in [2.24, 2.45) is 0 Å². The van der Waals surface area contributed by atoms with Gasteiger partial charge in [0.1, 0.15) is 10.8 Å². The molecular weight excluding hydrogens is 318 g/mol. The highest BCUT2D eigenvalue weighted by atomic mass is 79.9. The summed E-state index contributed by atoms with van der Waals surface area (Å²) in [7, 11) is 1.87. The summed E-state index contributed by atoms with van der Waals surface area (Å²) in [6, 6.07) is 3.62. The van der Waals surface area contributed by atoms with Gasteiger partial charge in [-0.25, -0.2) is 4.98 Å². The molecular formula is C12H11BrClN3O. The van der Waals surface area contributed by atoms with Crippen LogP contribution in [-0.4, -0.2) is 17.0 Å². The summed E-state index contributed by atoms with van der Waals surface area (Å²) >= 11 is 9.43. The molecule has 2 aromatic heterocycles. The van der Waals surface area contributed by atoms with E-state index in [4.69, 9.17) is 16.3 Å². The Morgan fingerprint density at radius 1 is 1.33 bits per heavy atom. The van der Waals surface area contributed by atoms with Crippen molar-refractivity contribution >= 4 is 27.5 Å². The van der Waals surface area contributed by atoms with E-state index in [1.54, 1.807) is 24.7 Å². The van der Waals surface area contributed by atoms with Gasteiger partial charge in [-0.1, -0.05) is 11.6 Å². The molecule has 0 unspecified atom stereocenters. The van der Waals surface area contributed by atoms with E-state index in [9.17, 15) is 0 Å². The second kappa shape index (κ2) is 6.13. The van der Waals surface area contributed by atoms with Gasteiger partial charge in [0.15, 0.2) is 0 Å². The highest BCUT2D eigenvalue weighted by molar-refractivity contribution is 9.10. The Balaban J connectivity index is 2.19. The molecule has 1 N–H and O–H groups in total. The lowest BCUT2D eigenvalue weighted by Gasteiger charge is -2.07. The SMILES string of the molecule is CNCc1cnc(Oc2cncc(Br)c2)c(Cl)c1. The third-order valence-corrected chi connectivity index (χ3v) is 2.84. The number of ether oxygens (including phenoxy) is 1. The van der Waals surface area contributed by atoms with E-state index in [0.29, 0.717) is 23.2 Å². The van der Waals surface area contributed by atoms with Crippen LogP contribution in [0.5, 0.6) is 11.6 Å². The largest absolute Gasteiger partial charge is 0.436 e. The summed E-state index contributed by atoms with van der Waals surface area (Å²) in [5.41, 5.74) is 1.00. The van der Waals surface area contributed by atoms with Gasteiger partial charge in [-0.15, -0.1) is 0 Å². The van der Waals surface area contributed by atoms with Crippen LogP contribution in [0.4, 0.5) is 0 Å². The molecule has 0 radical (unpaired) electrons. The molecule has 2 rings (SSSR count). The topological polar surface area (TPSA) is 47.0 Å². The van der Waals surface area contributed by atoms with Crippen LogP contribution in [0.25, 0.3) is 0 Å². The molecule has 2 aromatic rings. The Morgan fingerprint density at radius 3 is 2.83 bits per heavy atom. The number of pyridine rings is 2. The first-order valence-electron chi connectivity index (χ1n) is 5.26. The van der Waals surface area contributed by atoms with E-state index < -0.39 is 0 Å². The molecule has 0 spiro atoms. The summed E-state index contributed by atoms with van der Waals surface area (Å²) < 4.78 is 6.40. The quantitative estimate of drug-likeness (QED) is 0.934. The van der Waals surface area contributed by atoms with Crippen molar-refractivity contribution in [3.05, 3.63) is 45.8 Å². The van der Waals surface area contributed by atoms with Gasteiger partial charge in [0, 0.05) is 23.4 Å². The van der Waals surface area contributed by atoms with Gasteiger partial charge in [-0.2, -0.15) is 0 Å². The van der Waals surface area contributed by atoms with Gasteiger partial charge >= 0.3 is 0 Å². The third-order valence-electron chi connectivity index (χ3n) is 2.14. The molecule has 0 bridgehead atoms. The number of rotatable bonds is 4. The molecule has 4 nitrogen and oxygen atoms in total. The fraction of sp³-hybridized carbons (Fsp3) is 0.167. The number of nitrogens with zero attached hydrogens (tertiary/aromatic N) is 2. The first-order valence-corrected chi connectivity index (χ1v) is 6.43. The molecule has 0 aliphatic rings. The minimum atomic E-state index is 0.372. The average molecular weight is 329 g/mol. The Kier molecular flexibility index (Phi) is 4.52. The zero-order valence-corrected chi connectivity index (χ0v) is 12.0. The summed E-state index contributed by atoms with van der Waals surface area (Å²) in [6.07, 6.45) is 5.01. The van der Waals surface area contributed by atoms with Crippen LogP contribution >= 0.6 is 27.5 Å². The Hall–Kier alpha value is -1.17. The second-order valence-corrected chi connectivity index (χ2v) is 4.92. The van der Waals surface area contributed by atoms with Crippen LogP contribution in [0.3, 0.4) is 0 Å². The summed E-state index contributed by atoms with van der Waals surface area (Å²) in [6.45, 7) is 0.714. The van der Waals surface area contributed by atoms with Crippen molar-refractivity contribution in [2.75, 3.05) is 7.05 Å². The number of hydrogen-bond acceptors (Lipinski definition) is 4. The number of aromatic nitrogens is 2. The molecule has 2 heterocycles. The van der Waals surface area contributed by atoms with Gasteiger partial charge in [0.05, 0.1) is 6.20 Å². The number of halogens is 2. The molecule has 18 heavy (non-hydrogen) atoms. The fourth-order valence-corrected chi connectivity index (χ4v) is 1.97. The minimum Gasteiger partial charge on any atom is -0.436 e. The first-order chi connectivity index (χ1) is 8.69. The van der Waals surface area contributed by atoms with Crippen LogP contribution in [0.1, 0.15) is 5.56 Å². The maximum atomic E-state index is 6.11. The Labute approximate surface area is 118 Å². The second-order valence-electron chi connectivity index (χ2n) is 3.60. The van der Waals surface area contributed by atoms with Crippen LogP contribution in [0.15, 0.2) is 35.2 Å². The van der Waals surface area contributed by atoms with Crippen molar-refractivity contribution < 1.29 is 4.74 Å². The average Bonchev–Trinajstić information content (AvgIpc) is 2.33. The van der Waals surface area contributed by atoms with Crippen LogP contribution in [0, 0.1) is 0 Å². The lowest BCUT2D eigenvalue weighted by Crippen LogP contribution is -2.05. The minimum absolute atomic E-state index is 0.372. The summed E-state index contributed by atoms with van der Waals surface area (Å²) in [5, 5.41) is 3.51. The van der Waals surface area contributed by atoms with Crippen molar-refractivity contribution in [1.29, 1.82) is 0 Å². The molecule has 0 aliphatic heterocycles. The molecule has 0 saturated heterocycles. The lowest BCUT2D eigenvalue weighted by molar-refractivity contribution is 0.460. The first kappa shape index (κ1) is 13.3. The van der Waals surface area contributed by atoms with Crippen LogP contribution in [0.2, 0.25) is 5.02 Å². The predicted octanol–water partition coefficient (Wildman–Crippen LogP) is 3.40. The van der Waals surface area contributed by atoms with Crippen molar-refractivity contribution in [1.82, 2.24) is 15.3 Å². The van der Waals surface area contributed by atoms with Crippen molar-refractivity contribution in [3.63, 3.8) is 0 Å². The van der Waals surface area contributed by atoms with Gasteiger partial charge < -0.3 is 10.1 Å². The molecule has 94 valence electrons. The van der Waals surface area contributed by atoms with Crippen LogP contribution < -0.4 is 10.1 Å². The molecule has 0 aliphatic carbocycles. The summed E-state index contributed by atoms with van der Waals surface area (Å²) in [5.74, 6) is 0.955. The molecule has 0 fully saturated rings. The number of nitrogens with one attached hydrogen (secondary N) is 1. The molecule has 0 aromatic carbocycles. The molecule has 0 amide bonds. The Morgan fingerprint density at radius 2 is 2.17 bits per heavy atom. The number of hydrogen-bond donors (Lipinski definition) is 1. The molecule has 6 heteroatoms. The fourth-order valence-electron chi connectivity index (χ4n) is 1.40. The van der Waals surface area contributed by atoms with Gasteiger partial charge in [-0.05, 0) is 40.7 Å². The highest BCUT2D eigenvalue weighted by Gasteiger charge is 2.06. The van der Waals surface area contributed by atoms with Gasteiger partial charge in [0.25, 0.3) is 0 Å². The summed E-state index contributed by atoms with van der Waals surface area (Å²) in [4.78, 5) is 8.19. The predicted molar refractivity (Wildman–Crippen MR) is 74.0 cm³/mol. The molecule has 0 saturated carbocycles. The molecule has 0 atom stereocenters. The van der Waals surface area contributed by atoms with Crippen molar-refractivity contribution in [3.8, 4) is 11.6 Å². The van der Waals surface area contributed by atoms with E-state index >= 15 is 0 Å². The van der Waals surface area contributed by atoms with Gasteiger partial charge in [-0.3, -0.25) is 4.98 Å². The normalized spacial score (nSPS) is 10.4. The van der Waals surface area contributed by atoms with Gasteiger partial charge in [0.2, 0.25) is 5.88 Å². The zero-order chi connectivity index (χ0) is 13.0. The standard InChI is InChI=1S/C12H11BrClN3O/c1-15-4-8-2-11(14)12(17-5-8)18-10-3-9(13)6-16-7-10/h2-3,5-7,15H,4H2,1H3. The van der Waals surface area contributed by atoms with Crippen molar-refractivity contribution in [2.45, 2.75) is 6.54 Å². The maximum absolute atomic E-state index is 6.11. The third kappa shape index (κ3) is 3.41. The van der Waals surface area contributed by atoms with E-state index in [0.717, 1.165) is 10.0 Å². The van der Waals surface area contributed by atoms with E-state index in [-0.39, 0.29) is 0 Å². The van der Waals surface area contributed by atoms with Crippen LogP contribution in [-0.2, 0) is 6.54 Å². The zero-order valence-electron chi connectivity index (χ0n) is 9.65.